The van der Waals surface area contributed by atoms with Crippen LogP contribution in [-0.4, -0.2) is 24.0 Å². The van der Waals surface area contributed by atoms with Gasteiger partial charge in [0.25, 0.3) is 0 Å². The summed E-state index contributed by atoms with van der Waals surface area (Å²) >= 11 is 8.31. The van der Waals surface area contributed by atoms with Crippen molar-refractivity contribution in [1.29, 1.82) is 0 Å². The van der Waals surface area contributed by atoms with Gasteiger partial charge in [-0.2, -0.15) is 11.8 Å². The molecule has 0 aromatic heterocycles. The van der Waals surface area contributed by atoms with Gasteiger partial charge >= 0.3 is 5.97 Å². The lowest BCUT2D eigenvalue weighted by atomic mass is 9.79. The van der Waals surface area contributed by atoms with Crippen molar-refractivity contribution in [3.05, 3.63) is 106 Å². The molecule has 3 nitrogen and oxygen atoms in total. The Bertz CT molecular complexity index is 978. The van der Waals surface area contributed by atoms with Gasteiger partial charge in [-0.05, 0) is 31.4 Å². The molecule has 0 saturated carbocycles. The highest BCUT2D eigenvalue weighted by atomic mass is 35.5. The molecule has 3 rings (SSSR count). The molecule has 0 aliphatic rings. The first kappa shape index (κ1) is 22.4. The largest absolute Gasteiger partial charge is 0.443 e. The highest BCUT2D eigenvalue weighted by Gasteiger charge is 2.42. The van der Waals surface area contributed by atoms with E-state index in [1.165, 1.54) is 0 Å². The van der Waals surface area contributed by atoms with Gasteiger partial charge in [-0.15, -0.1) is 0 Å². The minimum Gasteiger partial charge on any atom is -0.443 e. The van der Waals surface area contributed by atoms with Gasteiger partial charge in [0.2, 0.25) is 0 Å². The third-order valence-corrected chi connectivity index (χ3v) is 6.05. The number of ether oxygens (including phenoxy) is 1. The number of rotatable bonds is 8. The van der Waals surface area contributed by atoms with E-state index >= 15 is 0 Å². The van der Waals surface area contributed by atoms with E-state index in [1.807, 2.05) is 92.0 Å². The van der Waals surface area contributed by atoms with Gasteiger partial charge in [-0.3, -0.25) is 4.79 Å². The molecule has 0 aliphatic heterocycles. The van der Waals surface area contributed by atoms with Crippen LogP contribution in [0.1, 0.15) is 28.7 Å². The Hall–Kier alpha value is -2.27. The number of nitrogens with two attached hydrogens (primary N) is 1. The van der Waals surface area contributed by atoms with Gasteiger partial charge < -0.3 is 10.5 Å². The van der Waals surface area contributed by atoms with E-state index in [4.69, 9.17) is 22.1 Å². The Labute approximate surface area is 187 Å². The van der Waals surface area contributed by atoms with E-state index in [0.717, 1.165) is 22.4 Å². The highest BCUT2D eigenvalue weighted by molar-refractivity contribution is 7.98. The minimum absolute atomic E-state index is 0.451. The van der Waals surface area contributed by atoms with Gasteiger partial charge in [0, 0.05) is 21.7 Å². The number of hydrogen-bond acceptors (Lipinski definition) is 4. The van der Waals surface area contributed by atoms with Crippen LogP contribution in [0.3, 0.4) is 0 Å². The van der Waals surface area contributed by atoms with Gasteiger partial charge in [0.15, 0.2) is 5.60 Å². The summed E-state index contributed by atoms with van der Waals surface area (Å²) in [5, 5.41) is 0.521. The molecule has 5 heteroatoms. The third kappa shape index (κ3) is 4.72. The number of benzene rings is 3. The molecule has 0 amide bonds. The van der Waals surface area contributed by atoms with E-state index in [1.54, 1.807) is 11.8 Å². The predicted octanol–water partition coefficient (Wildman–Crippen LogP) is 5.56. The number of hydrogen-bond donors (Lipinski definition) is 1. The van der Waals surface area contributed by atoms with E-state index in [2.05, 4.69) is 0 Å². The summed E-state index contributed by atoms with van der Waals surface area (Å²) in [5.41, 5.74) is 8.42. The fourth-order valence-electron chi connectivity index (χ4n) is 3.45. The Kier molecular flexibility index (Phi) is 7.59. The van der Waals surface area contributed by atoms with Crippen LogP contribution >= 0.6 is 23.4 Å². The zero-order valence-electron chi connectivity index (χ0n) is 17.2. The lowest BCUT2D eigenvalue weighted by Gasteiger charge is -2.36. The summed E-state index contributed by atoms with van der Waals surface area (Å²) in [7, 11) is 0. The molecule has 2 atom stereocenters. The SMILES string of the molecule is CSCC[C@H](N)C(=O)OC(c1ccccc1)(c1ccc(C)cc1)c1ccccc1Cl. The second kappa shape index (κ2) is 10.2. The topological polar surface area (TPSA) is 52.3 Å². The first-order valence-corrected chi connectivity index (χ1v) is 11.6. The summed E-state index contributed by atoms with van der Waals surface area (Å²) in [5.74, 6) is 0.332. The average molecular weight is 440 g/mol. The van der Waals surface area contributed by atoms with E-state index < -0.39 is 17.6 Å². The number of carbonyl (C=O) groups is 1. The van der Waals surface area contributed by atoms with E-state index in [-0.39, 0.29) is 0 Å². The lowest BCUT2D eigenvalue weighted by Crippen LogP contribution is -2.42. The fraction of sp³-hybridized carbons (Fsp3) is 0.240. The van der Waals surface area contributed by atoms with Crippen molar-refractivity contribution in [3.8, 4) is 0 Å². The van der Waals surface area contributed by atoms with Crippen molar-refractivity contribution >= 4 is 29.3 Å². The Morgan fingerprint density at radius 1 is 1.00 bits per heavy atom. The molecule has 0 radical (unpaired) electrons. The van der Waals surface area contributed by atoms with E-state index in [9.17, 15) is 4.79 Å². The third-order valence-electron chi connectivity index (χ3n) is 5.08. The molecule has 156 valence electrons. The molecule has 30 heavy (non-hydrogen) atoms. The summed E-state index contributed by atoms with van der Waals surface area (Å²) in [4.78, 5) is 13.2. The van der Waals surface area contributed by atoms with Crippen LogP contribution in [0.5, 0.6) is 0 Å². The van der Waals surface area contributed by atoms with Crippen LogP contribution in [0.15, 0.2) is 78.9 Å². The maximum Gasteiger partial charge on any atom is 0.324 e. The van der Waals surface area contributed by atoms with Crippen molar-refractivity contribution in [2.45, 2.75) is 25.0 Å². The molecule has 2 N–H and O–H groups in total. The summed E-state index contributed by atoms with van der Waals surface area (Å²) in [6.45, 7) is 2.02. The minimum atomic E-state index is -1.21. The molecule has 0 saturated heterocycles. The molecule has 0 fully saturated rings. The van der Waals surface area contributed by atoms with E-state index in [0.29, 0.717) is 17.0 Å². The van der Waals surface area contributed by atoms with Crippen LogP contribution in [0.4, 0.5) is 0 Å². The molecule has 3 aromatic rings. The summed E-state index contributed by atoms with van der Waals surface area (Å²) in [6, 6.07) is 24.4. The maximum atomic E-state index is 13.2. The number of esters is 1. The number of aryl methyl sites for hydroxylation is 1. The van der Waals surface area contributed by atoms with Crippen LogP contribution < -0.4 is 5.73 Å². The van der Waals surface area contributed by atoms with Crippen molar-refractivity contribution in [1.82, 2.24) is 0 Å². The molecule has 3 aromatic carbocycles. The van der Waals surface area contributed by atoms with Crippen molar-refractivity contribution in [3.63, 3.8) is 0 Å². The van der Waals surface area contributed by atoms with Gasteiger partial charge in [-0.25, -0.2) is 0 Å². The number of carbonyl (C=O) groups excluding carboxylic acids is 1. The first-order valence-electron chi connectivity index (χ1n) is 9.84. The van der Waals surface area contributed by atoms with Crippen LogP contribution in [-0.2, 0) is 15.1 Å². The summed E-state index contributed by atoms with van der Waals surface area (Å²) < 4.78 is 6.32. The molecule has 0 bridgehead atoms. The smallest absolute Gasteiger partial charge is 0.324 e. The summed E-state index contributed by atoms with van der Waals surface area (Å²) in [6.07, 6.45) is 2.53. The molecule has 0 heterocycles. The van der Waals surface area contributed by atoms with Gasteiger partial charge in [0.1, 0.15) is 6.04 Å². The Balaban J connectivity index is 2.23. The predicted molar refractivity (Wildman–Crippen MR) is 126 cm³/mol. The van der Waals surface area contributed by atoms with Crippen LogP contribution in [0.2, 0.25) is 5.02 Å². The van der Waals surface area contributed by atoms with Crippen molar-refractivity contribution in [2.24, 2.45) is 5.73 Å². The Morgan fingerprint density at radius 3 is 2.23 bits per heavy atom. The van der Waals surface area contributed by atoms with Crippen LogP contribution in [0, 0.1) is 6.92 Å². The zero-order chi connectivity index (χ0) is 21.6. The fourth-order valence-corrected chi connectivity index (χ4v) is 4.21. The zero-order valence-corrected chi connectivity index (χ0v) is 18.7. The monoisotopic (exact) mass is 439 g/mol. The maximum absolute atomic E-state index is 13.2. The average Bonchev–Trinajstić information content (AvgIpc) is 2.77. The molecule has 0 aliphatic carbocycles. The van der Waals surface area contributed by atoms with Crippen LogP contribution in [0.25, 0.3) is 0 Å². The quantitative estimate of drug-likeness (QED) is 0.368. The highest BCUT2D eigenvalue weighted by Crippen LogP contribution is 2.43. The molecule has 0 spiro atoms. The second-order valence-corrected chi connectivity index (χ2v) is 8.59. The van der Waals surface area contributed by atoms with Gasteiger partial charge in [0.05, 0.1) is 0 Å². The Morgan fingerprint density at radius 2 is 1.60 bits per heavy atom. The van der Waals surface area contributed by atoms with Crippen molar-refractivity contribution in [2.75, 3.05) is 12.0 Å². The molecular formula is C25H26ClNO2S. The normalized spacial score (nSPS) is 14.0. The van der Waals surface area contributed by atoms with Crippen molar-refractivity contribution < 1.29 is 9.53 Å². The number of thioether (sulfide) groups is 1. The molecule has 1 unspecified atom stereocenters. The second-order valence-electron chi connectivity index (χ2n) is 7.20. The van der Waals surface area contributed by atoms with Gasteiger partial charge in [-0.1, -0.05) is 90.0 Å². The lowest BCUT2D eigenvalue weighted by molar-refractivity contribution is -0.155. The molecular weight excluding hydrogens is 414 g/mol. The standard InChI is InChI=1S/C25H26ClNO2S/c1-18-12-14-20(15-13-18)25(19-8-4-3-5-9-19,21-10-6-7-11-22(21)26)29-24(28)23(27)16-17-30-2/h3-15,23H,16-17,27H2,1-2H3/t23-,25?/m0/s1. The number of halogens is 1. The first-order chi connectivity index (χ1) is 14.5.